The first-order chi connectivity index (χ1) is 10.3. The van der Waals surface area contributed by atoms with Crippen molar-refractivity contribution in [3.05, 3.63) is 60.8 Å². The smallest absolute Gasteiger partial charge is 0.305 e. The molecule has 0 fully saturated rings. The van der Waals surface area contributed by atoms with Gasteiger partial charge in [0.15, 0.2) is 0 Å². The molecular weight excluding hydrogens is 264 g/mol. The van der Waals surface area contributed by atoms with Gasteiger partial charge >= 0.3 is 5.97 Å². The second-order valence-corrected chi connectivity index (χ2v) is 4.90. The third-order valence-electron chi connectivity index (χ3n) is 3.57. The van der Waals surface area contributed by atoms with E-state index in [1.807, 2.05) is 30.9 Å². The normalized spacial score (nSPS) is 12.7. The van der Waals surface area contributed by atoms with E-state index in [4.69, 9.17) is 0 Å². The van der Waals surface area contributed by atoms with Crippen molar-refractivity contribution in [2.45, 2.75) is 12.8 Å². The van der Waals surface area contributed by atoms with Gasteiger partial charge in [-0.25, -0.2) is 0 Å². The summed E-state index contributed by atoms with van der Waals surface area (Å²) in [4.78, 5) is 13.3. The lowest BCUT2D eigenvalue weighted by Gasteiger charge is -2.17. The number of esters is 1. The molecule has 0 aromatic heterocycles. The van der Waals surface area contributed by atoms with E-state index in [9.17, 15) is 4.79 Å². The van der Waals surface area contributed by atoms with E-state index in [1.165, 1.54) is 7.11 Å². The van der Waals surface area contributed by atoms with Crippen molar-refractivity contribution in [2.75, 3.05) is 17.3 Å². The van der Waals surface area contributed by atoms with Crippen LogP contribution in [0.25, 0.3) is 0 Å². The van der Waals surface area contributed by atoms with Gasteiger partial charge in [-0.05, 0) is 36.2 Å². The zero-order valence-corrected chi connectivity index (χ0v) is 11.9. The Morgan fingerprint density at radius 1 is 1.14 bits per heavy atom. The molecule has 0 unspecified atom stereocenters. The predicted molar refractivity (Wildman–Crippen MR) is 83.3 cm³/mol. The Labute approximate surface area is 124 Å². The SMILES string of the molecule is COC(=O)CCc1ccc(N2[CH]Nc3ccccc32)cc1. The number of hydrogen-bond donors (Lipinski definition) is 1. The van der Waals surface area contributed by atoms with Gasteiger partial charge in [-0.3, -0.25) is 4.79 Å². The molecule has 21 heavy (non-hydrogen) atoms. The summed E-state index contributed by atoms with van der Waals surface area (Å²) in [6.07, 6.45) is 1.11. The number of ether oxygens (including phenoxy) is 1. The molecule has 0 bridgehead atoms. The highest BCUT2D eigenvalue weighted by Gasteiger charge is 2.19. The minimum Gasteiger partial charge on any atom is -0.469 e. The highest BCUT2D eigenvalue weighted by atomic mass is 16.5. The number of fused-ring (bicyclic) bond motifs is 1. The summed E-state index contributed by atoms with van der Waals surface area (Å²) in [7, 11) is 1.42. The maximum absolute atomic E-state index is 11.2. The van der Waals surface area contributed by atoms with Crippen LogP contribution in [0.1, 0.15) is 12.0 Å². The van der Waals surface area contributed by atoms with Gasteiger partial charge in [-0.2, -0.15) is 0 Å². The number of benzene rings is 2. The van der Waals surface area contributed by atoms with E-state index in [2.05, 4.69) is 39.2 Å². The summed E-state index contributed by atoms with van der Waals surface area (Å²) in [6, 6.07) is 16.4. The Morgan fingerprint density at radius 3 is 2.67 bits per heavy atom. The number of methoxy groups -OCH3 is 1. The lowest BCUT2D eigenvalue weighted by atomic mass is 10.1. The van der Waals surface area contributed by atoms with E-state index in [0.717, 1.165) is 22.6 Å². The molecular formula is C17H17N2O2. The fraction of sp³-hybridized carbons (Fsp3) is 0.176. The van der Waals surface area contributed by atoms with Gasteiger partial charge in [-0.1, -0.05) is 24.3 Å². The average molecular weight is 281 g/mol. The zero-order chi connectivity index (χ0) is 14.7. The molecule has 4 heteroatoms. The number of anilines is 3. The Morgan fingerprint density at radius 2 is 1.90 bits per heavy atom. The first kappa shape index (κ1) is 13.5. The third-order valence-corrected chi connectivity index (χ3v) is 3.57. The number of nitrogens with one attached hydrogen (secondary N) is 1. The quantitative estimate of drug-likeness (QED) is 0.871. The van der Waals surface area contributed by atoms with Crippen LogP contribution in [0.2, 0.25) is 0 Å². The molecule has 0 atom stereocenters. The van der Waals surface area contributed by atoms with Crippen LogP contribution in [0.4, 0.5) is 17.1 Å². The van der Waals surface area contributed by atoms with Crippen LogP contribution < -0.4 is 10.2 Å². The molecule has 2 aromatic carbocycles. The number of hydrogen-bond acceptors (Lipinski definition) is 4. The fourth-order valence-electron chi connectivity index (χ4n) is 2.39. The van der Waals surface area contributed by atoms with Crippen LogP contribution in [-0.4, -0.2) is 13.1 Å². The molecule has 1 N–H and O–H groups in total. The van der Waals surface area contributed by atoms with Crippen molar-refractivity contribution in [2.24, 2.45) is 0 Å². The van der Waals surface area contributed by atoms with Crippen LogP contribution in [0.3, 0.4) is 0 Å². The topological polar surface area (TPSA) is 41.6 Å². The van der Waals surface area contributed by atoms with Crippen molar-refractivity contribution in [1.82, 2.24) is 0 Å². The molecule has 2 aromatic rings. The molecule has 107 valence electrons. The van der Waals surface area contributed by atoms with Crippen LogP contribution in [0.5, 0.6) is 0 Å². The minimum atomic E-state index is -0.176. The summed E-state index contributed by atoms with van der Waals surface area (Å²) >= 11 is 0. The van der Waals surface area contributed by atoms with Gasteiger partial charge in [0, 0.05) is 12.1 Å². The van der Waals surface area contributed by atoms with Gasteiger partial charge in [0.1, 0.15) is 6.67 Å². The second-order valence-electron chi connectivity index (χ2n) is 4.90. The van der Waals surface area contributed by atoms with Gasteiger partial charge < -0.3 is 15.0 Å². The monoisotopic (exact) mass is 281 g/mol. The number of carbonyl (C=O) groups excluding carboxylic acids is 1. The summed E-state index contributed by atoms with van der Waals surface area (Å²) < 4.78 is 4.66. The largest absolute Gasteiger partial charge is 0.469 e. The zero-order valence-electron chi connectivity index (χ0n) is 11.9. The van der Waals surface area contributed by atoms with Crippen molar-refractivity contribution in [1.29, 1.82) is 0 Å². The van der Waals surface area contributed by atoms with Gasteiger partial charge in [0.25, 0.3) is 0 Å². The first-order valence-electron chi connectivity index (χ1n) is 6.92. The Hall–Kier alpha value is -2.49. The Bertz CT molecular complexity index is 637. The molecule has 0 saturated carbocycles. The summed E-state index contributed by atoms with van der Waals surface area (Å²) in [5.41, 5.74) is 4.46. The second kappa shape index (κ2) is 5.87. The fourth-order valence-corrected chi connectivity index (χ4v) is 2.39. The molecule has 1 aliphatic rings. The van der Waals surface area contributed by atoms with E-state index in [0.29, 0.717) is 12.8 Å². The maximum Gasteiger partial charge on any atom is 0.305 e. The van der Waals surface area contributed by atoms with Crippen LogP contribution in [0.15, 0.2) is 48.5 Å². The van der Waals surface area contributed by atoms with Crippen LogP contribution in [0, 0.1) is 6.67 Å². The first-order valence-corrected chi connectivity index (χ1v) is 6.92. The lowest BCUT2D eigenvalue weighted by Crippen LogP contribution is -2.10. The molecule has 1 heterocycles. The molecule has 1 radical (unpaired) electrons. The summed E-state index contributed by atoms with van der Waals surface area (Å²) in [6.45, 7) is 1.95. The highest BCUT2D eigenvalue weighted by Crippen LogP contribution is 2.38. The summed E-state index contributed by atoms with van der Waals surface area (Å²) in [5, 5.41) is 3.25. The van der Waals surface area contributed by atoms with Crippen molar-refractivity contribution < 1.29 is 9.53 Å². The highest BCUT2D eigenvalue weighted by molar-refractivity contribution is 5.83. The number of nitrogens with zero attached hydrogens (tertiary/aromatic N) is 1. The standard InChI is InChI=1S/C17H17N2O2/c1-21-17(20)11-8-13-6-9-14(10-7-13)19-12-18-15-4-2-3-5-16(15)19/h2-7,9-10,12,18H,8,11H2,1H3. The molecule has 0 saturated heterocycles. The van der Waals surface area contributed by atoms with Gasteiger partial charge in [0.2, 0.25) is 0 Å². The van der Waals surface area contributed by atoms with Gasteiger partial charge in [0.05, 0.1) is 18.5 Å². The lowest BCUT2D eigenvalue weighted by molar-refractivity contribution is -0.140. The van der Waals surface area contributed by atoms with E-state index in [-0.39, 0.29) is 5.97 Å². The van der Waals surface area contributed by atoms with Crippen molar-refractivity contribution in [3.63, 3.8) is 0 Å². The molecule has 0 aliphatic carbocycles. The summed E-state index contributed by atoms with van der Waals surface area (Å²) in [5.74, 6) is -0.176. The van der Waals surface area contributed by atoms with Crippen molar-refractivity contribution >= 4 is 23.0 Å². The maximum atomic E-state index is 11.2. The molecule has 3 rings (SSSR count). The van der Waals surface area contributed by atoms with Gasteiger partial charge in [-0.15, -0.1) is 0 Å². The van der Waals surface area contributed by atoms with Crippen LogP contribution in [-0.2, 0) is 16.0 Å². The third kappa shape index (κ3) is 2.84. The van der Waals surface area contributed by atoms with E-state index < -0.39 is 0 Å². The minimum absolute atomic E-state index is 0.176. The molecule has 0 spiro atoms. The Kier molecular flexibility index (Phi) is 3.77. The number of aryl methyl sites for hydroxylation is 1. The molecule has 4 nitrogen and oxygen atoms in total. The molecule has 1 aliphatic heterocycles. The number of rotatable bonds is 4. The molecule has 0 amide bonds. The van der Waals surface area contributed by atoms with Crippen LogP contribution >= 0.6 is 0 Å². The predicted octanol–water partition coefficient (Wildman–Crippen LogP) is 3.48. The van der Waals surface area contributed by atoms with E-state index in [1.54, 1.807) is 0 Å². The average Bonchev–Trinajstić information content (AvgIpc) is 2.97. The van der Waals surface area contributed by atoms with E-state index >= 15 is 0 Å². The number of para-hydroxylation sites is 2. The Balaban J connectivity index is 1.72. The van der Waals surface area contributed by atoms with Crippen molar-refractivity contribution in [3.8, 4) is 0 Å². The number of carbonyl (C=O) groups is 1.